The Morgan fingerprint density at radius 3 is 2.76 bits per heavy atom. The van der Waals surface area contributed by atoms with Crippen LogP contribution in [0, 0.1) is 0 Å². The minimum atomic E-state index is -4.53. The van der Waals surface area contributed by atoms with E-state index in [9.17, 15) is 18.0 Å². The summed E-state index contributed by atoms with van der Waals surface area (Å²) in [6.07, 6.45) is 1.60. The molecule has 1 saturated carbocycles. The van der Waals surface area contributed by atoms with Crippen molar-refractivity contribution < 1.29 is 22.4 Å². The number of carbonyl (C=O) groups excluding carboxylic acids is 1. The Morgan fingerprint density at radius 2 is 2.14 bits per heavy atom. The molecule has 1 fully saturated rings. The monoisotopic (exact) mass is 405 g/mol. The lowest BCUT2D eigenvalue weighted by Crippen LogP contribution is -2.34. The molecule has 0 spiro atoms. The van der Waals surface area contributed by atoms with E-state index in [1.165, 1.54) is 23.4 Å². The molecule has 1 amide bonds. The first-order valence-electron chi connectivity index (χ1n) is 9.02. The van der Waals surface area contributed by atoms with Crippen molar-refractivity contribution in [2.75, 3.05) is 11.9 Å². The lowest BCUT2D eigenvalue weighted by Gasteiger charge is -2.21. The molecular formula is C19H18F3N5O2. The van der Waals surface area contributed by atoms with Gasteiger partial charge in [-0.25, -0.2) is 9.67 Å². The molecule has 1 aliphatic rings. The fourth-order valence-electron chi connectivity index (χ4n) is 3.08. The summed E-state index contributed by atoms with van der Waals surface area (Å²) < 4.78 is 46.1. The van der Waals surface area contributed by atoms with Crippen LogP contribution >= 0.6 is 0 Å². The quantitative estimate of drug-likeness (QED) is 0.651. The van der Waals surface area contributed by atoms with Crippen molar-refractivity contribution in [2.24, 2.45) is 0 Å². The van der Waals surface area contributed by atoms with E-state index in [0.717, 1.165) is 30.7 Å². The van der Waals surface area contributed by atoms with Crippen LogP contribution in [-0.2, 0) is 17.5 Å². The van der Waals surface area contributed by atoms with Crippen molar-refractivity contribution in [3.05, 3.63) is 60.6 Å². The summed E-state index contributed by atoms with van der Waals surface area (Å²) in [6, 6.07) is 6.97. The lowest BCUT2D eigenvalue weighted by atomic mass is 10.1. The molecule has 152 valence electrons. The summed E-state index contributed by atoms with van der Waals surface area (Å²) >= 11 is 0. The summed E-state index contributed by atoms with van der Waals surface area (Å²) in [4.78, 5) is 18.4. The van der Waals surface area contributed by atoms with Gasteiger partial charge in [-0.1, -0.05) is 0 Å². The van der Waals surface area contributed by atoms with Gasteiger partial charge < -0.3 is 9.73 Å². The van der Waals surface area contributed by atoms with E-state index in [0.29, 0.717) is 12.2 Å². The third kappa shape index (κ3) is 4.65. The molecule has 10 heteroatoms. The van der Waals surface area contributed by atoms with Crippen molar-refractivity contribution in [1.29, 1.82) is 0 Å². The topological polar surface area (TPSA) is 76.2 Å². The van der Waals surface area contributed by atoms with Crippen molar-refractivity contribution in [2.45, 2.75) is 31.6 Å². The molecule has 2 aromatic heterocycles. The first kappa shape index (κ1) is 19.2. The molecule has 1 N–H and O–H groups in total. The Kier molecular flexibility index (Phi) is 5.10. The van der Waals surface area contributed by atoms with Crippen LogP contribution < -0.4 is 5.32 Å². The van der Waals surface area contributed by atoms with Crippen molar-refractivity contribution in [3.63, 3.8) is 0 Å². The van der Waals surface area contributed by atoms with Gasteiger partial charge in [-0.05, 0) is 43.2 Å². The molecule has 0 saturated heterocycles. The molecule has 0 aliphatic heterocycles. The van der Waals surface area contributed by atoms with Gasteiger partial charge in [-0.3, -0.25) is 9.69 Å². The summed E-state index contributed by atoms with van der Waals surface area (Å²) in [7, 11) is 0. The van der Waals surface area contributed by atoms with E-state index in [-0.39, 0.29) is 18.3 Å². The molecule has 29 heavy (non-hydrogen) atoms. The molecule has 3 aromatic rings. The van der Waals surface area contributed by atoms with Crippen LogP contribution in [0.3, 0.4) is 0 Å². The Balaban J connectivity index is 1.54. The zero-order valence-electron chi connectivity index (χ0n) is 15.3. The van der Waals surface area contributed by atoms with Crippen LogP contribution in [0.15, 0.2) is 53.7 Å². The highest BCUT2D eigenvalue weighted by atomic mass is 19.4. The minimum absolute atomic E-state index is 0.0177. The van der Waals surface area contributed by atoms with Gasteiger partial charge in [0.25, 0.3) is 0 Å². The predicted molar refractivity (Wildman–Crippen MR) is 97.1 cm³/mol. The molecule has 0 radical (unpaired) electrons. The third-order valence-electron chi connectivity index (χ3n) is 4.61. The molecule has 0 unspecified atom stereocenters. The maximum Gasteiger partial charge on any atom is 0.416 e. The smallest absolute Gasteiger partial charge is 0.416 e. The predicted octanol–water partition coefficient (Wildman–Crippen LogP) is 3.48. The third-order valence-corrected chi connectivity index (χ3v) is 4.61. The Labute approximate surface area is 164 Å². The normalized spacial score (nSPS) is 14.3. The maximum absolute atomic E-state index is 13.1. The highest BCUT2D eigenvalue weighted by Crippen LogP contribution is 2.33. The zero-order valence-corrected chi connectivity index (χ0v) is 15.3. The number of amides is 1. The van der Waals surface area contributed by atoms with Gasteiger partial charge in [0.2, 0.25) is 5.91 Å². The summed E-state index contributed by atoms with van der Waals surface area (Å²) in [5.74, 6) is 0.316. The molecule has 7 nitrogen and oxygen atoms in total. The summed E-state index contributed by atoms with van der Waals surface area (Å²) in [5, 5.41) is 6.55. The van der Waals surface area contributed by atoms with E-state index in [4.69, 9.17) is 4.42 Å². The maximum atomic E-state index is 13.1. The SMILES string of the molecule is O=C(CN(Cc1ccco1)C1CC1)Nc1cc(C(F)(F)F)ccc1-n1cncn1. The number of carbonyl (C=O) groups is 1. The number of anilines is 1. The van der Waals surface area contributed by atoms with Gasteiger partial charge in [0.05, 0.1) is 36.3 Å². The second-order valence-electron chi connectivity index (χ2n) is 6.83. The summed E-state index contributed by atoms with van der Waals surface area (Å²) in [5.41, 5.74) is -0.539. The number of hydrogen-bond acceptors (Lipinski definition) is 5. The number of nitrogens with zero attached hydrogens (tertiary/aromatic N) is 4. The van der Waals surface area contributed by atoms with Gasteiger partial charge in [0, 0.05) is 6.04 Å². The molecule has 0 atom stereocenters. The molecular weight excluding hydrogens is 387 g/mol. The van der Waals surface area contributed by atoms with E-state index >= 15 is 0 Å². The van der Waals surface area contributed by atoms with Gasteiger partial charge >= 0.3 is 6.18 Å². The van der Waals surface area contributed by atoms with Gasteiger partial charge in [-0.2, -0.15) is 18.3 Å². The van der Waals surface area contributed by atoms with Gasteiger partial charge in [-0.15, -0.1) is 0 Å². The number of nitrogens with one attached hydrogen (secondary N) is 1. The largest absolute Gasteiger partial charge is 0.468 e. The molecule has 1 aliphatic carbocycles. The number of benzene rings is 1. The van der Waals surface area contributed by atoms with Crippen LogP contribution in [0.2, 0.25) is 0 Å². The fourth-order valence-corrected chi connectivity index (χ4v) is 3.08. The van der Waals surface area contributed by atoms with E-state index in [1.54, 1.807) is 12.3 Å². The number of aromatic nitrogens is 3. The Bertz CT molecular complexity index is 966. The van der Waals surface area contributed by atoms with Crippen LogP contribution in [0.1, 0.15) is 24.2 Å². The fraction of sp³-hybridized carbons (Fsp3) is 0.316. The number of furan rings is 1. The zero-order chi connectivity index (χ0) is 20.4. The first-order chi connectivity index (χ1) is 13.9. The molecule has 0 bridgehead atoms. The summed E-state index contributed by atoms with van der Waals surface area (Å²) in [6.45, 7) is 0.502. The van der Waals surface area contributed by atoms with Crippen molar-refractivity contribution in [3.8, 4) is 5.69 Å². The Hall–Kier alpha value is -3.14. The average molecular weight is 405 g/mol. The number of hydrogen-bond donors (Lipinski definition) is 1. The van der Waals surface area contributed by atoms with E-state index < -0.39 is 17.6 Å². The second kappa shape index (κ2) is 7.70. The van der Waals surface area contributed by atoms with Crippen LogP contribution in [0.25, 0.3) is 5.69 Å². The Morgan fingerprint density at radius 1 is 1.31 bits per heavy atom. The van der Waals surface area contributed by atoms with Crippen molar-refractivity contribution in [1.82, 2.24) is 19.7 Å². The highest BCUT2D eigenvalue weighted by molar-refractivity contribution is 5.94. The average Bonchev–Trinajstić information content (AvgIpc) is 3.14. The highest BCUT2D eigenvalue weighted by Gasteiger charge is 2.33. The van der Waals surface area contributed by atoms with Crippen LogP contribution in [0.4, 0.5) is 18.9 Å². The number of halogens is 3. The standard InChI is InChI=1S/C19H18F3N5O2/c20-19(21,22)13-3-6-17(27-12-23-11-24-27)16(8-13)25-18(28)10-26(14-4-5-14)9-15-2-1-7-29-15/h1-3,6-8,11-12,14H,4-5,9-10H2,(H,25,28). The minimum Gasteiger partial charge on any atom is -0.468 e. The number of alkyl halides is 3. The van der Waals surface area contributed by atoms with Gasteiger partial charge in [0.1, 0.15) is 18.4 Å². The lowest BCUT2D eigenvalue weighted by molar-refractivity contribution is -0.137. The van der Waals surface area contributed by atoms with Crippen LogP contribution in [0.5, 0.6) is 0 Å². The van der Waals surface area contributed by atoms with Crippen LogP contribution in [-0.4, -0.2) is 38.2 Å². The second-order valence-corrected chi connectivity index (χ2v) is 6.83. The van der Waals surface area contributed by atoms with E-state index in [1.807, 2.05) is 11.0 Å². The van der Waals surface area contributed by atoms with E-state index in [2.05, 4.69) is 15.4 Å². The molecule has 2 heterocycles. The van der Waals surface area contributed by atoms with Crippen molar-refractivity contribution >= 4 is 11.6 Å². The number of rotatable bonds is 7. The molecule has 1 aromatic carbocycles. The first-order valence-corrected chi connectivity index (χ1v) is 9.02. The molecule has 4 rings (SSSR count). The van der Waals surface area contributed by atoms with Gasteiger partial charge in [0.15, 0.2) is 0 Å².